The first kappa shape index (κ1) is 44.4. The maximum absolute atomic E-state index is 11.6. The van der Waals surface area contributed by atoms with E-state index in [4.69, 9.17) is 28.4 Å². The molecular weight excluding hydrogens is 612 g/mol. The number of hydrogen-bond donors (Lipinski definition) is 0. The average molecular weight is 663 g/mol. The first-order valence-corrected chi connectivity index (χ1v) is 14.5. The second kappa shape index (κ2) is 21.1. The summed E-state index contributed by atoms with van der Waals surface area (Å²) in [6.07, 6.45) is 0.448. The molecule has 0 bridgehead atoms. The second-order valence-corrected chi connectivity index (χ2v) is 11.8. The fraction of sp³-hybridized carbons (Fsp3) is 0.486. The summed E-state index contributed by atoms with van der Waals surface area (Å²) in [5.41, 5.74) is -0.294. The molecule has 0 unspecified atom stereocenters. The first-order chi connectivity index (χ1) is 21.5. The largest absolute Gasteiger partial charge is 0.461 e. The van der Waals surface area contributed by atoms with Gasteiger partial charge in [0, 0.05) is 33.4 Å². The van der Waals surface area contributed by atoms with Gasteiger partial charge in [-0.15, -0.1) is 0 Å². The summed E-state index contributed by atoms with van der Waals surface area (Å²) >= 11 is 0. The van der Waals surface area contributed by atoms with E-state index >= 15 is 0 Å². The topological polar surface area (TPSA) is 158 Å². The molecule has 0 N–H and O–H groups in total. The van der Waals surface area contributed by atoms with Gasteiger partial charge in [0.25, 0.3) is 0 Å². The van der Waals surface area contributed by atoms with E-state index in [-0.39, 0.29) is 73.1 Å². The van der Waals surface area contributed by atoms with Crippen molar-refractivity contribution in [2.75, 3.05) is 39.6 Å². The molecule has 0 heterocycles. The van der Waals surface area contributed by atoms with Crippen LogP contribution in [-0.4, -0.2) is 75.5 Å². The van der Waals surface area contributed by atoms with Gasteiger partial charge in [0.15, 0.2) is 0 Å². The van der Waals surface area contributed by atoms with Crippen molar-refractivity contribution in [2.24, 2.45) is 10.8 Å². The van der Waals surface area contributed by atoms with E-state index in [1.807, 2.05) is 6.92 Å². The summed E-state index contributed by atoms with van der Waals surface area (Å²) in [7, 11) is 0. The summed E-state index contributed by atoms with van der Waals surface area (Å²) in [6, 6.07) is 0. The van der Waals surface area contributed by atoms with Crippen molar-refractivity contribution >= 4 is 35.8 Å². The number of ether oxygens (including phenoxy) is 6. The maximum atomic E-state index is 11.6. The molecule has 0 fully saturated rings. The van der Waals surface area contributed by atoms with Crippen molar-refractivity contribution in [1.82, 2.24) is 0 Å². The fourth-order valence-electron chi connectivity index (χ4n) is 2.67. The van der Waals surface area contributed by atoms with Gasteiger partial charge < -0.3 is 28.4 Å². The molecule has 0 rings (SSSR count). The van der Waals surface area contributed by atoms with Crippen LogP contribution in [0.5, 0.6) is 0 Å². The van der Waals surface area contributed by atoms with Gasteiger partial charge in [0.05, 0.1) is 10.8 Å². The molecule has 262 valence electrons. The van der Waals surface area contributed by atoms with Gasteiger partial charge in [-0.1, -0.05) is 46.4 Å². The van der Waals surface area contributed by atoms with Crippen LogP contribution in [0, 0.1) is 10.8 Å². The molecular formula is C35H50O12. The minimum Gasteiger partial charge on any atom is -0.461 e. The van der Waals surface area contributed by atoms with Crippen LogP contribution in [0.25, 0.3) is 0 Å². The Labute approximate surface area is 278 Å². The van der Waals surface area contributed by atoms with Crippen LogP contribution >= 0.6 is 0 Å². The van der Waals surface area contributed by atoms with E-state index in [0.717, 1.165) is 0 Å². The van der Waals surface area contributed by atoms with Crippen molar-refractivity contribution in [3.63, 3.8) is 0 Å². The lowest BCUT2D eigenvalue weighted by molar-refractivity contribution is -0.159. The summed E-state index contributed by atoms with van der Waals surface area (Å²) in [5, 5.41) is 0. The highest BCUT2D eigenvalue weighted by molar-refractivity contribution is 5.89. The minimum atomic E-state index is -0.901. The zero-order chi connectivity index (χ0) is 37.1. The molecule has 47 heavy (non-hydrogen) atoms. The van der Waals surface area contributed by atoms with Gasteiger partial charge in [-0.3, -0.25) is 0 Å². The average Bonchev–Trinajstić information content (AvgIpc) is 3.00. The van der Waals surface area contributed by atoms with Crippen molar-refractivity contribution in [3.8, 4) is 0 Å². The van der Waals surface area contributed by atoms with Crippen LogP contribution in [0.15, 0.2) is 72.9 Å². The maximum Gasteiger partial charge on any atom is 0.333 e. The summed E-state index contributed by atoms with van der Waals surface area (Å²) in [4.78, 5) is 69.4. The highest BCUT2D eigenvalue weighted by atomic mass is 16.6. The van der Waals surface area contributed by atoms with Gasteiger partial charge in [-0.2, -0.15) is 0 Å². The Morgan fingerprint density at radius 1 is 0.404 bits per heavy atom. The Morgan fingerprint density at radius 2 is 0.574 bits per heavy atom. The molecule has 0 saturated heterocycles. The van der Waals surface area contributed by atoms with E-state index in [0.29, 0.717) is 6.42 Å². The lowest BCUT2D eigenvalue weighted by Gasteiger charge is -2.31. The normalized spacial score (nSPS) is 10.5. The first-order valence-electron chi connectivity index (χ1n) is 14.5. The van der Waals surface area contributed by atoms with Crippen LogP contribution in [-0.2, 0) is 57.2 Å². The Kier molecular flexibility index (Phi) is 20.0. The SMILES string of the molecule is C=C(C)C(=O)OCC(C)(COC(=O)C(=C)C)COC(=O)C(=C)C.C=C(C)C(=O)OCC(CC)(COC(=O)C(=C)C)COC(=O)C(=C)C. The predicted molar refractivity (Wildman–Crippen MR) is 175 cm³/mol. The van der Waals surface area contributed by atoms with Gasteiger partial charge in [0.2, 0.25) is 0 Å². The van der Waals surface area contributed by atoms with Gasteiger partial charge >= 0.3 is 35.8 Å². The van der Waals surface area contributed by atoms with E-state index < -0.39 is 46.6 Å². The molecule has 12 nitrogen and oxygen atoms in total. The lowest BCUT2D eigenvalue weighted by Crippen LogP contribution is -2.39. The molecule has 0 aliphatic carbocycles. The van der Waals surface area contributed by atoms with E-state index in [2.05, 4.69) is 39.5 Å². The molecule has 0 amide bonds. The van der Waals surface area contributed by atoms with Crippen LogP contribution in [0.1, 0.15) is 61.8 Å². The number of hydrogen-bond acceptors (Lipinski definition) is 12. The van der Waals surface area contributed by atoms with Crippen molar-refractivity contribution in [1.29, 1.82) is 0 Å². The molecule has 0 radical (unpaired) electrons. The molecule has 0 atom stereocenters. The molecule has 0 aliphatic rings. The highest BCUT2D eigenvalue weighted by Crippen LogP contribution is 2.25. The second-order valence-electron chi connectivity index (χ2n) is 11.8. The molecule has 12 heteroatoms. The van der Waals surface area contributed by atoms with Gasteiger partial charge in [-0.25, -0.2) is 28.8 Å². The number of carbonyl (C=O) groups excluding carboxylic acids is 6. The molecule has 0 saturated carbocycles. The molecule has 0 aliphatic heterocycles. The smallest absolute Gasteiger partial charge is 0.333 e. The third-order valence-electron chi connectivity index (χ3n) is 6.02. The molecule has 0 aromatic carbocycles. The number of rotatable bonds is 19. The zero-order valence-electron chi connectivity index (χ0n) is 29.1. The van der Waals surface area contributed by atoms with Gasteiger partial charge in [-0.05, 0) is 54.9 Å². The van der Waals surface area contributed by atoms with Crippen LogP contribution in [0.4, 0.5) is 0 Å². The third kappa shape index (κ3) is 18.7. The highest BCUT2D eigenvalue weighted by Gasteiger charge is 2.35. The summed E-state index contributed by atoms with van der Waals surface area (Å²) < 4.78 is 30.8. The molecule has 0 aromatic rings. The van der Waals surface area contributed by atoms with Crippen molar-refractivity contribution in [2.45, 2.75) is 61.8 Å². The van der Waals surface area contributed by atoms with Crippen molar-refractivity contribution in [3.05, 3.63) is 72.9 Å². The quantitative estimate of drug-likeness (QED) is 0.103. The minimum absolute atomic E-state index is 0.0812. The Hall–Kier alpha value is -4.74. The predicted octanol–water partition coefficient (Wildman–Crippen LogP) is 5.09. The lowest BCUT2D eigenvalue weighted by atomic mass is 9.88. The van der Waals surface area contributed by atoms with Crippen LogP contribution < -0.4 is 0 Å². The summed E-state index contributed by atoms with van der Waals surface area (Å²) in [5.74, 6) is -3.42. The van der Waals surface area contributed by atoms with E-state index in [1.165, 1.54) is 41.5 Å². The van der Waals surface area contributed by atoms with E-state index in [1.54, 1.807) is 6.92 Å². The Morgan fingerprint density at radius 3 is 0.723 bits per heavy atom. The van der Waals surface area contributed by atoms with Crippen LogP contribution in [0.2, 0.25) is 0 Å². The zero-order valence-corrected chi connectivity index (χ0v) is 29.1. The van der Waals surface area contributed by atoms with Crippen molar-refractivity contribution < 1.29 is 57.2 Å². The molecule has 0 spiro atoms. The van der Waals surface area contributed by atoms with Crippen LogP contribution in [0.3, 0.4) is 0 Å². The monoisotopic (exact) mass is 662 g/mol. The fourth-order valence-corrected chi connectivity index (χ4v) is 2.67. The number of esters is 6. The third-order valence-corrected chi connectivity index (χ3v) is 6.02. The summed E-state index contributed by atoms with van der Waals surface area (Å²) in [6.45, 7) is 33.0. The molecule has 0 aromatic heterocycles. The van der Waals surface area contributed by atoms with E-state index in [9.17, 15) is 28.8 Å². The standard InChI is InChI=1S/C18H26O6.C17H24O6/c1-8-18(9-22-15(19)12(2)3,10-23-16(20)13(4)5)11-24-17(21)14(6)7;1-11(2)14(18)21-8-17(7,9-22-15(19)12(3)4)10-23-16(20)13(5)6/h2,4,6,8-11H2,1,3,5,7H3;1,3,5,8-10H2,2,4,6-7H3. The Bertz CT molecular complexity index is 1120. The van der Waals surface area contributed by atoms with Gasteiger partial charge in [0.1, 0.15) is 39.6 Å². The number of carbonyl (C=O) groups is 6. The Balaban J connectivity index is 0.